The van der Waals surface area contributed by atoms with Crippen LogP contribution in [0.3, 0.4) is 0 Å². The zero-order chi connectivity index (χ0) is 12.4. The van der Waals surface area contributed by atoms with E-state index < -0.39 is 0 Å². The molecular weight excluding hydrogens is 216 g/mol. The van der Waals surface area contributed by atoms with Crippen molar-refractivity contribution >= 4 is 17.3 Å². The molecule has 0 fully saturated rings. The number of benzene rings is 1. The number of hydrogen-bond donors (Lipinski definition) is 0. The lowest BCUT2D eigenvalue weighted by Crippen LogP contribution is -2.20. The van der Waals surface area contributed by atoms with Gasteiger partial charge in [0.15, 0.2) is 0 Å². The van der Waals surface area contributed by atoms with Crippen LogP contribution in [0.15, 0.2) is 23.4 Å². The third-order valence-electron chi connectivity index (χ3n) is 3.03. The zero-order valence-electron chi connectivity index (χ0n) is 10.4. The summed E-state index contributed by atoms with van der Waals surface area (Å²) in [5.74, 6) is 0.138. The first-order valence-corrected chi connectivity index (χ1v) is 5.67. The van der Waals surface area contributed by atoms with Crippen molar-refractivity contribution in [3.63, 3.8) is 0 Å². The van der Waals surface area contributed by atoms with Crippen LogP contribution in [0.1, 0.15) is 24.5 Å². The average molecular weight is 232 g/mol. The van der Waals surface area contributed by atoms with E-state index in [-0.39, 0.29) is 5.91 Å². The number of anilines is 1. The highest BCUT2D eigenvalue weighted by molar-refractivity contribution is 6.04. The van der Waals surface area contributed by atoms with Crippen LogP contribution in [-0.4, -0.2) is 25.8 Å². The molecule has 0 spiro atoms. The van der Waals surface area contributed by atoms with E-state index in [1.165, 1.54) is 0 Å². The fraction of sp³-hybridized carbons (Fsp3) is 0.385. The molecule has 1 aromatic carbocycles. The molecule has 0 N–H and O–H groups in total. The fourth-order valence-electron chi connectivity index (χ4n) is 2.08. The van der Waals surface area contributed by atoms with Crippen LogP contribution < -0.4 is 4.90 Å². The van der Waals surface area contributed by atoms with E-state index in [4.69, 9.17) is 4.84 Å². The maximum Gasteiger partial charge on any atom is 0.231 e. The lowest BCUT2D eigenvalue weighted by molar-refractivity contribution is -0.117. The third kappa shape index (κ3) is 2.02. The van der Waals surface area contributed by atoms with Gasteiger partial charge in [-0.15, -0.1) is 0 Å². The predicted octanol–water partition coefficient (Wildman–Crippen LogP) is 1.97. The number of carbonyl (C=O) groups excluding carboxylic acids is 1. The highest BCUT2D eigenvalue weighted by Crippen LogP contribution is 2.28. The van der Waals surface area contributed by atoms with E-state index in [0.717, 1.165) is 28.9 Å². The number of amides is 1. The van der Waals surface area contributed by atoms with Crippen molar-refractivity contribution in [1.82, 2.24) is 0 Å². The Balaban J connectivity index is 2.39. The molecule has 1 aliphatic rings. The van der Waals surface area contributed by atoms with E-state index in [1.54, 1.807) is 19.1 Å². The summed E-state index contributed by atoms with van der Waals surface area (Å²) in [6.07, 6.45) is 1.28. The van der Waals surface area contributed by atoms with E-state index in [2.05, 4.69) is 5.16 Å². The molecule has 0 aromatic heterocycles. The van der Waals surface area contributed by atoms with Crippen LogP contribution in [0.4, 0.5) is 5.69 Å². The summed E-state index contributed by atoms with van der Waals surface area (Å²) < 4.78 is 0. The first-order chi connectivity index (χ1) is 8.17. The summed E-state index contributed by atoms with van der Waals surface area (Å²) >= 11 is 0. The van der Waals surface area contributed by atoms with Gasteiger partial charge in [-0.05, 0) is 29.7 Å². The summed E-state index contributed by atoms with van der Waals surface area (Å²) in [7, 11) is 3.35. The smallest absolute Gasteiger partial charge is 0.231 e. The van der Waals surface area contributed by atoms with Gasteiger partial charge in [0.05, 0.1) is 12.1 Å². The first-order valence-electron chi connectivity index (χ1n) is 5.67. The summed E-state index contributed by atoms with van der Waals surface area (Å²) in [5, 5.41) is 3.99. The van der Waals surface area contributed by atoms with Gasteiger partial charge in [0.2, 0.25) is 5.91 Å². The summed E-state index contributed by atoms with van der Waals surface area (Å²) in [6.45, 7) is 2.03. The second-order valence-corrected chi connectivity index (χ2v) is 4.05. The topological polar surface area (TPSA) is 41.9 Å². The Morgan fingerprint density at radius 2 is 2.29 bits per heavy atom. The van der Waals surface area contributed by atoms with Gasteiger partial charge < -0.3 is 9.74 Å². The number of carbonyl (C=O) groups is 1. The number of hydrogen-bond acceptors (Lipinski definition) is 3. The highest BCUT2D eigenvalue weighted by Gasteiger charge is 2.24. The van der Waals surface area contributed by atoms with Crippen LogP contribution >= 0.6 is 0 Å². The maximum atomic E-state index is 11.6. The molecule has 0 saturated heterocycles. The number of nitrogens with zero attached hydrogens (tertiary/aromatic N) is 2. The van der Waals surface area contributed by atoms with Crippen LogP contribution in [0.2, 0.25) is 0 Å². The van der Waals surface area contributed by atoms with Crippen molar-refractivity contribution in [2.24, 2.45) is 5.16 Å². The molecule has 17 heavy (non-hydrogen) atoms. The number of fused-ring (bicyclic) bond motifs is 1. The lowest BCUT2D eigenvalue weighted by Gasteiger charge is -2.10. The molecule has 0 saturated carbocycles. The van der Waals surface area contributed by atoms with Crippen molar-refractivity contribution in [3.05, 3.63) is 29.3 Å². The van der Waals surface area contributed by atoms with Crippen molar-refractivity contribution in [2.45, 2.75) is 19.8 Å². The molecule has 0 aliphatic carbocycles. The molecule has 1 aromatic rings. The minimum atomic E-state index is 0.138. The first kappa shape index (κ1) is 11.6. The van der Waals surface area contributed by atoms with Crippen molar-refractivity contribution in [1.29, 1.82) is 0 Å². The Morgan fingerprint density at radius 1 is 1.53 bits per heavy atom. The van der Waals surface area contributed by atoms with E-state index >= 15 is 0 Å². The Bertz CT molecular complexity index is 480. The molecule has 1 amide bonds. The third-order valence-corrected chi connectivity index (χ3v) is 3.03. The van der Waals surface area contributed by atoms with Gasteiger partial charge in [-0.3, -0.25) is 4.79 Å². The summed E-state index contributed by atoms with van der Waals surface area (Å²) in [5.41, 5.74) is 3.98. The molecule has 0 bridgehead atoms. The second-order valence-electron chi connectivity index (χ2n) is 4.05. The maximum absolute atomic E-state index is 11.6. The lowest BCUT2D eigenvalue weighted by atomic mass is 10.0. The van der Waals surface area contributed by atoms with Gasteiger partial charge >= 0.3 is 0 Å². The van der Waals surface area contributed by atoms with Crippen LogP contribution in [0, 0.1) is 0 Å². The van der Waals surface area contributed by atoms with E-state index in [1.807, 2.05) is 25.1 Å². The molecule has 4 nitrogen and oxygen atoms in total. The van der Waals surface area contributed by atoms with Crippen molar-refractivity contribution in [2.75, 3.05) is 19.1 Å². The fourth-order valence-corrected chi connectivity index (χ4v) is 2.08. The molecule has 2 rings (SSSR count). The van der Waals surface area contributed by atoms with Crippen LogP contribution in [-0.2, 0) is 16.1 Å². The summed E-state index contributed by atoms with van der Waals surface area (Å²) in [6, 6.07) is 5.98. The van der Waals surface area contributed by atoms with Crippen LogP contribution in [0.5, 0.6) is 0 Å². The normalized spacial score (nSPS) is 15.1. The molecule has 0 atom stereocenters. The van der Waals surface area contributed by atoms with E-state index in [0.29, 0.717) is 6.42 Å². The quantitative estimate of drug-likeness (QED) is 0.590. The van der Waals surface area contributed by atoms with E-state index in [9.17, 15) is 4.79 Å². The van der Waals surface area contributed by atoms with Gasteiger partial charge in [0.25, 0.3) is 0 Å². The molecule has 1 heterocycles. The molecule has 0 unspecified atom stereocenters. The standard InChI is InChI=1S/C13H16N2O2/c1-4-11(14-17-3)9-5-6-12-10(7-9)8-13(16)15(12)2/h5-7H,4,8H2,1-3H3/b14-11+. The Morgan fingerprint density at radius 3 is 2.94 bits per heavy atom. The van der Waals surface area contributed by atoms with Gasteiger partial charge in [0.1, 0.15) is 7.11 Å². The molecule has 1 aliphatic heterocycles. The zero-order valence-corrected chi connectivity index (χ0v) is 10.4. The van der Waals surface area contributed by atoms with Crippen LogP contribution in [0.25, 0.3) is 0 Å². The summed E-state index contributed by atoms with van der Waals surface area (Å²) in [4.78, 5) is 18.1. The predicted molar refractivity (Wildman–Crippen MR) is 67.4 cm³/mol. The van der Waals surface area contributed by atoms with Crippen molar-refractivity contribution in [3.8, 4) is 0 Å². The molecular formula is C13H16N2O2. The Hall–Kier alpha value is -1.84. The van der Waals surface area contributed by atoms with Gasteiger partial charge in [0, 0.05) is 12.7 Å². The molecule has 4 heteroatoms. The number of rotatable bonds is 3. The largest absolute Gasteiger partial charge is 0.399 e. The van der Waals surface area contributed by atoms with Gasteiger partial charge in [-0.25, -0.2) is 0 Å². The monoisotopic (exact) mass is 232 g/mol. The molecule has 90 valence electrons. The average Bonchev–Trinajstić information content (AvgIpc) is 2.61. The van der Waals surface area contributed by atoms with Gasteiger partial charge in [-0.1, -0.05) is 18.1 Å². The highest BCUT2D eigenvalue weighted by atomic mass is 16.6. The number of likely N-dealkylation sites (N-methyl/N-ethyl adjacent to an activating group) is 1. The van der Waals surface area contributed by atoms with Crippen molar-refractivity contribution < 1.29 is 9.63 Å². The molecule has 0 radical (unpaired) electrons. The van der Waals surface area contributed by atoms with Gasteiger partial charge in [-0.2, -0.15) is 0 Å². The Labute approximate surface area is 101 Å². The SMILES string of the molecule is CC/C(=N\OC)c1ccc2c(c1)CC(=O)N2C. The minimum Gasteiger partial charge on any atom is -0.399 e. The Kier molecular flexibility index (Phi) is 3.13. The second kappa shape index (κ2) is 4.57. The number of oxime groups is 1. The minimum absolute atomic E-state index is 0.138.